The Morgan fingerprint density at radius 2 is 2.14 bits per heavy atom. The second-order valence-corrected chi connectivity index (χ2v) is 5.38. The molecule has 0 saturated heterocycles. The van der Waals surface area contributed by atoms with Gasteiger partial charge in [0.1, 0.15) is 17.4 Å². The number of anilines is 1. The molecule has 1 aliphatic rings. The number of aromatic nitrogens is 2. The number of hydrogen-bond acceptors (Lipinski definition) is 4. The van der Waals surface area contributed by atoms with Crippen molar-refractivity contribution < 1.29 is 4.74 Å². The molecule has 110 valence electrons. The van der Waals surface area contributed by atoms with Crippen LogP contribution in [0.3, 0.4) is 0 Å². The second kappa shape index (κ2) is 5.72. The van der Waals surface area contributed by atoms with Crippen LogP contribution in [0.1, 0.15) is 30.3 Å². The molecule has 21 heavy (non-hydrogen) atoms. The van der Waals surface area contributed by atoms with Crippen LogP contribution in [0.2, 0.25) is 0 Å². The molecule has 0 atom stereocenters. The smallest absolute Gasteiger partial charge is 0.132 e. The van der Waals surface area contributed by atoms with Crippen molar-refractivity contribution in [2.45, 2.75) is 33.1 Å². The molecule has 0 unspecified atom stereocenters. The molecular formula is C17H21N3O. The topological polar surface area (TPSA) is 47.0 Å². The maximum Gasteiger partial charge on any atom is 0.132 e. The summed E-state index contributed by atoms with van der Waals surface area (Å²) in [6, 6.07) is 6.35. The monoisotopic (exact) mass is 283 g/mol. The Balaban J connectivity index is 2.10. The normalized spacial score (nSPS) is 12.9. The molecule has 1 N–H and O–H groups in total. The highest BCUT2D eigenvalue weighted by Crippen LogP contribution is 2.32. The first kappa shape index (κ1) is 13.9. The summed E-state index contributed by atoms with van der Waals surface area (Å²) in [6.45, 7) is 5.00. The summed E-state index contributed by atoms with van der Waals surface area (Å²) in [5, 5.41) is 3.18. The molecule has 0 fully saturated rings. The number of benzene rings is 1. The van der Waals surface area contributed by atoms with E-state index in [0.29, 0.717) is 0 Å². The number of rotatable bonds is 4. The molecule has 0 aliphatic carbocycles. The van der Waals surface area contributed by atoms with Crippen molar-refractivity contribution in [1.29, 1.82) is 0 Å². The standard InChI is InChI=1S/C17H21N3O/c1-4-5-15-19-16(11(2)17(18-3)20-15)13-6-7-14-12(10-13)8-9-21-14/h6-7,10H,4-5,8-9H2,1-3H3,(H,18,19,20). The van der Waals surface area contributed by atoms with Crippen molar-refractivity contribution in [3.63, 3.8) is 0 Å². The molecule has 4 nitrogen and oxygen atoms in total. The molecule has 1 aromatic carbocycles. The molecular weight excluding hydrogens is 262 g/mol. The minimum absolute atomic E-state index is 0.782. The Labute approximate surface area is 125 Å². The third-order valence-corrected chi connectivity index (χ3v) is 3.87. The zero-order valence-electron chi connectivity index (χ0n) is 12.9. The van der Waals surface area contributed by atoms with Gasteiger partial charge in [-0.3, -0.25) is 0 Å². The number of nitrogens with one attached hydrogen (secondary N) is 1. The summed E-state index contributed by atoms with van der Waals surface area (Å²) in [5.74, 6) is 2.83. The zero-order chi connectivity index (χ0) is 14.8. The second-order valence-electron chi connectivity index (χ2n) is 5.38. The van der Waals surface area contributed by atoms with E-state index >= 15 is 0 Å². The average molecular weight is 283 g/mol. The number of ether oxygens (including phenoxy) is 1. The minimum Gasteiger partial charge on any atom is -0.493 e. The minimum atomic E-state index is 0.782. The van der Waals surface area contributed by atoms with Gasteiger partial charge in [0.2, 0.25) is 0 Å². The number of fused-ring (bicyclic) bond motifs is 1. The van der Waals surface area contributed by atoms with Crippen molar-refractivity contribution in [3.05, 3.63) is 35.2 Å². The summed E-state index contributed by atoms with van der Waals surface area (Å²) >= 11 is 0. The van der Waals surface area contributed by atoms with E-state index < -0.39 is 0 Å². The summed E-state index contributed by atoms with van der Waals surface area (Å²) < 4.78 is 5.58. The number of aryl methyl sites for hydroxylation is 1. The Hall–Kier alpha value is -2.10. The number of nitrogens with zero attached hydrogens (tertiary/aromatic N) is 2. The first-order valence-corrected chi connectivity index (χ1v) is 7.54. The lowest BCUT2D eigenvalue weighted by Crippen LogP contribution is -2.05. The molecule has 0 radical (unpaired) electrons. The van der Waals surface area contributed by atoms with Gasteiger partial charge in [-0.2, -0.15) is 0 Å². The summed E-state index contributed by atoms with van der Waals surface area (Å²) in [6.07, 6.45) is 2.92. The van der Waals surface area contributed by atoms with Crippen molar-refractivity contribution in [1.82, 2.24) is 9.97 Å². The van der Waals surface area contributed by atoms with Crippen LogP contribution < -0.4 is 10.1 Å². The van der Waals surface area contributed by atoms with Gasteiger partial charge in [0, 0.05) is 31.0 Å². The Morgan fingerprint density at radius 3 is 2.90 bits per heavy atom. The van der Waals surface area contributed by atoms with Crippen LogP contribution in [0, 0.1) is 6.92 Å². The van der Waals surface area contributed by atoms with Gasteiger partial charge in [0.25, 0.3) is 0 Å². The predicted octanol–water partition coefficient (Wildman–Crippen LogP) is 3.38. The Morgan fingerprint density at radius 1 is 1.29 bits per heavy atom. The van der Waals surface area contributed by atoms with E-state index in [0.717, 1.165) is 60.1 Å². The maximum absolute atomic E-state index is 5.58. The molecule has 0 bridgehead atoms. The molecule has 1 aromatic heterocycles. The largest absolute Gasteiger partial charge is 0.493 e. The molecule has 0 saturated carbocycles. The van der Waals surface area contributed by atoms with Gasteiger partial charge in [-0.25, -0.2) is 9.97 Å². The first-order chi connectivity index (χ1) is 10.2. The number of hydrogen-bond donors (Lipinski definition) is 1. The van der Waals surface area contributed by atoms with E-state index in [1.54, 1.807) is 0 Å². The van der Waals surface area contributed by atoms with Gasteiger partial charge in [0.15, 0.2) is 0 Å². The third-order valence-electron chi connectivity index (χ3n) is 3.87. The van der Waals surface area contributed by atoms with Crippen LogP contribution in [-0.4, -0.2) is 23.6 Å². The van der Waals surface area contributed by atoms with E-state index in [1.807, 2.05) is 7.05 Å². The molecule has 1 aliphatic heterocycles. The summed E-state index contributed by atoms with van der Waals surface area (Å²) in [5.41, 5.74) is 4.53. The predicted molar refractivity (Wildman–Crippen MR) is 84.9 cm³/mol. The first-order valence-electron chi connectivity index (χ1n) is 7.54. The van der Waals surface area contributed by atoms with E-state index in [9.17, 15) is 0 Å². The summed E-state index contributed by atoms with van der Waals surface area (Å²) in [7, 11) is 1.91. The molecule has 2 heterocycles. The van der Waals surface area contributed by atoms with Crippen molar-refractivity contribution in [2.75, 3.05) is 19.0 Å². The molecule has 0 amide bonds. The lowest BCUT2D eigenvalue weighted by atomic mass is 10.0. The molecule has 0 spiro atoms. The van der Waals surface area contributed by atoms with Gasteiger partial charge < -0.3 is 10.1 Å². The highest BCUT2D eigenvalue weighted by Gasteiger charge is 2.16. The van der Waals surface area contributed by atoms with Crippen molar-refractivity contribution in [3.8, 4) is 17.0 Å². The molecule has 3 rings (SSSR count). The molecule has 4 heteroatoms. The Kier molecular flexibility index (Phi) is 3.78. The van der Waals surface area contributed by atoms with Crippen LogP contribution in [0.25, 0.3) is 11.3 Å². The van der Waals surface area contributed by atoms with E-state index in [1.165, 1.54) is 5.56 Å². The lowest BCUT2D eigenvalue weighted by Gasteiger charge is -2.13. The van der Waals surface area contributed by atoms with Crippen molar-refractivity contribution in [2.24, 2.45) is 0 Å². The van der Waals surface area contributed by atoms with Crippen LogP contribution in [0.5, 0.6) is 5.75 Å². The Bertz CT molecular complexity index is 667. The highest BCUT2D eigenvalue weighted by molar-refractivity contribution is 5.70. The molecule has 2 aromatic rings. The van der Waals surface area contributed by atoms with Gasteiger partial charge in [-0.05, 0) is 37.1 Å². The zero-order valence-corrected chi connectivity index (χ0v) is 12.9. The van der Waals surface area contributed by atoms with Gasteiger partial charge in [-0.15, -0.1) is 0 Å². The fourth-order valence-electron chi connectivity index (χ4n) is 2.76. The van der Waals surface area contributed by atoms with Crippen LogP contribution >= 0.6 is 0 Å². The van der Waals surface area contributed by atoms with Gasteiger partial charge >= 0.3 is 0 Å². The fraction of sp³-hybridized carbons (Fsp3) is 0.412. The fourth-order valence-corrected chi connectivity index (χ4v) is 2.76. The maximum atomic E-state index is 5.58. The van der Waals surface area contributed by atoms with Crippen LogP contribution in [-0.2, 0) is 12.8 Å². The highest BCUT2D eigenvalue weighted by atomic mass is 16.5. The van der Waals surface area contributed by atoms with Gasteiger partial charge in [0.05, 0.1) is 12.3 Å². The average Bonchev–Trinajstić information content (AvgIpc) is 2.96. The van der Waals surface area contributed by atoms with Gasteiger partial charge in [-0.1, -0.05) is 6.92 Å². The SMILES string of the molecule is CCCc1nc(NC)c(C)c(-c2ccc3c(c2)CCO3)n1. The van der Waals surface area contributed by atoms with Crippen molar-refractivity contribution >= 4 is 5.82 Å². The van der Waals surface area contributed by atoms with E-state index in [4.69, 9.17) is 9.72 Å². The van der Waals surface area contributed by atoms with Crippen LogP contribution in [0.4, 0.5) is 5.82 Å². The third kappa shape index (κ3) is 2.58. The van der Waals surface area contributed by atoms with E-state index in [2.05, 4.69) is 42.3 Å². The summed E-state index contributed by atoms with van der Waals surface area (Å²) in [4.78, 5) is 9.37. The lowest BCUT2D eigenvalue weighted by molar-refractivity contribution is 0.357. The van der Waals surface area contributed by atoms with Crippen LogP contribution in [0.15, 0.2) is 18.2 Å². The quantitative estimate of drug-likeness (QED) is 0.934. The van der Waals surface area contributed by atoms with E-state index in [-0.39, 0.29) is 0 Å².